The summed E-state index contributed by atoms with van der Waals surface area (Å²) in [4.78, 5) is 19.4. The first-order valence-corrected chi connectivity index (χ1v) is 9.88. The van der Waals surface area contributed by atoms with E-state index in [4.69, 9.17) is 4.74 Å². The SMILES string of the molecule is COc1cccc([C@@H]2c3c(-c4ccccc4O)n[nH]c3C(=O)N2Cc2cccnc2)c1. The van der Waals surface area contributed by atoms with Crippen molar-refractivity contribution in [2.45, 2.75) is 12.6 Å². The maximum Gasteiger partial charge on any atom is 0.273 e. The number of aromatic amines is 1. The number of pyridine rings is 1. The average molecular weight is 412 g/mol. The Bertz CT molecular complexity index is 1250. The van der Waals surface area contributed by atoms with Gasteiger partial charge in [-0.1, -0.05) is 30.3 Å². The third-order valence-electron chi connectivity index (χ3n) is 5.51. The van der Waals surface area contributed by atoms with Gasteiger partial charge in [-0.25, -0.2) is 0 Å². The van der Waals surface area contributed by atoms with E-state index in [9.17, 15) is 9.90 Å². The number of aromatic nitrogens is 3. The van der Waals surface area contributed by atoms with Crippen molar-refractivity contribution in [1.29, 1.82) is 0 Å². The maximum absolute atomic E-state index is 13.4. The lowest BCUT2D eigenvalue weighted by atomic mass is 9.95. The number of methoxy groups -OCH3 is 1. The summed E-state index contributed by atoms with van der Waals surface area (Å²) in [6, 6.07) is 18.0. The summed E-state index contributed by atoms with van der Waals surface area (Å²) in [6.07, 6.45) is 3.46. The zero-order valence-electron chi connectivity index (χ0n) is 16.8. The minimum atomic E-state index is -0.397. The molecule has 0 radical (unpaired) electrons. The van der Waals surface area contributed by atoms with Crippen molar-refractivity contribution < 1.29 is 14.6 Å². The number of nitrogens with one attached hydrogen (secondary N) is 1. The molecule has 7 heteroatoms. The fourth-order valence-electron chi connectivity index (χ4n) is 4.09. The summed E-state index contributed by atoms with van der Waals surface area (Å²) in [5.41, 5.74) is 4.12. The van der Waals surface area contributed by atoms with Crippen molar-refractivity contribution in [2.24, 2.45) is 0 Å². The fraction of sp³-hybridized carbons (Fsp3) is 0.125. The highest BCUT2D eigenvalue weighted by atomic mass is 16.5. The number of carbonyl (C=O) groups excluding carboxylic acids is 1. The van der Waals surface area contributed by atoms with Gasteiger partial charge in [-0.2, -0.15) is 5.10 Å². The fourth-order valence-corrected chi connectivity index (χ4v) is 4.09. The molecular weight excluding hydrogens is 392 g/mol. The molecule has 154 valence electrons. The monoisotopic (exact) mass is 412 g/mol. The lowest BCUT2D eigenvalue weighted by Crippen LogP contribution is -2.29. The van der Waals surface area contributed by atoms with E-state index in [1.807, 2.05) is 42.5 Å². The maximum atomic E-state index is 13.4. The molecule has 0 aliphatic carbocycles. The third kappa shape index (κ3) is 3.20. The Hall–Kier alpha value is -4.13. The number of fused-ring (bicyclic) bond motifs is 1. The Morgan fingerprint density at radius 1 is 1.13 bits per heavy atom. The summed E-state index contributed by atoms with van der Waals surface area (Å²) < 4.78 is 5.42. The summed E-state index contributed by atoms with van der Waals surface area (Å²) in [5, 5.41) is 17.7. The van der Waals surface area contributed by atoms with Gasteiger partial charge in [0, 0.05) is 30.1 Å². The molecular formula is C24H20N4O3. The lowest BCUT2D eigenvalue weighted by Gasteiger charge is -2.26. The summed E-state index contributed by atoms with van der Waals surface area (Å²) in [5.74, 6) is 0.660. The first kappa shape index (κ1) is 18.9. The van der Waals surface area contributed by atoms with Gasteiger partial charge in [0.2, 0.25) is 0 Å². The Kier molecular flexibility index (Phi) is 4.63. The molecule has 0 fully saturated rings. The van der Waals surface area contributed by atoms with E-state index in [2.05, 4.69) is 15.2 Å². The topological polar surface area (TPSA) is 91.3 Å². The molecule has 0 saturated heterocycles. The molecule has 1 aliphatic heterocycles. The average Bonchev–Trinajstić information content (AvgIpc) is 3.34. The van der Waals surface area contributed by atoms with E-state index in [-0.39, 0.29) is 11.7 Å². The van der Waals surface area contributed by atoms with E-state index < -0.39 is 6.04 Å². The van der Waals surface area contributed by atoms with Gasteiger partial charge >= 0.3 is 0 Å². The van der Waals surface area contributed by atoms with Crippen molar-refractivity contribution in [3.05, 3.63) is 95.4 Å². The largest absolute Gasteiger partial charge is 0.507 e. The summed E-state index contributed by atoms with van der Waals surface area (Å²) in [7, 11) is 1.61. The molecule has 1 amide bonds. The Balaban J connectivity index is 1.68. The number of para-hydroxylation sites is 1. The van der Waals surface area contributed by atoms with Crippen molar-refractivity contribution in [2.75, 3.05) is 7.11 Å². The van der Waals surface area contributed by atoms with Gasteiger partial charge in [0.1, 0.15) is 22.9 Å². The van der Waals surface area contributed by atoms with Crippen LogP contribution in [0, 0.1) is 0 Å². The number of phenolic OH excluding ortho intramolecular Hbond substituents is 1. The highest BCUT2D eigenvalue weighted by molar-refractivity contribution is 6.00. The van der Waals surface area contributed by atoms with Crippen molar-refractivity contribution in [3.63, 3.8) is 0 Å². The second kappa shape index (κ2) is 7.60. The standard InChI is InChI=1S/C24H20N4O3/c1-31-17-8-4-7-16(12-17)23-20-21(18-9-2-3-10-19(18)29)26-27-22(20)24(30)28(23)14-15-6-5-11-25-13-15/h2-13,23,29H,14H2,1H3,(H,26,27)/t23-/m1/s1. The van der Waals surface area contributed by atoms with Crippen LogP contribution < -0.4 is 4.74 Å². The van der Waals surface area contributed by atoms with Crippen molar-refractivity contribution >= 4 is 5.91 Å². The summed E-state index contributed by atoms with van der Waals surface area (Å²) >= 11 is 0. The smallest absolute Gasteiger partial charge is 0.273 e. The van der Waals surface area contributed by atoms with Crippen LogP contribution in [-0.2, 0) is 6.54 Å². The molecule has 1 atom stereocenters. The number of phenols is 1. The molecule has 3 heterocycles. The lowest BCUT2D eigenvalue weighted by molar-refractivity contribution is 0.0729. The number of hydrogen-bond acceptors (Lipinski definition) is 5. The van der Waals surface area contributed by atoms with Crippen LogP contribution in [0.15, 0.2) is 73.1 Å². The van der Waals surface area contributed by atoms with Crippen LogP contribution in [0.2, 0.25) is 0 Å². The summed E-state index contributed by atoms with van der Waals surface area (Å²) in [6.45, 7) is 0.386. The number of hydrogen-bond donors (Lipinski definition) is 2. The predicted octanol–water partition coefficient (Wildman–Crippen LogP) is 3.93. The number of amides is 1. The van der Waals surface area contributed by atoms with Crippen LogP contribution in [-0.4, -0.2) is 38.2 Å². The Labute approximate surface area is 179 Å². The van der Waals surface area contributed by atoms with Crippen molar-refractivity contribution in [1.82, 2.24) is 20.1 Å². The molecule has 0 bridgehead atoms. The Morgan fingerprint density at radius 3 is 2.77 bits per heavy atom. The first-order valence-electron chi connectivity index (χ1n) is 9.88. The van der Waals surface area contributed by atoms with Gasteiger partial charge in [-0.15, -0.1) is 0 Å². The third-order valence-corrected chi connectivity index (χ3v) is 5.51. The highest BCUT2D eigenvalue weighted by Crippen LogP contribution is 2.45. The second-order valence-electron chi connectivity index (χ2n) is 7.35. The minimum Gasteiger partial charge on any atom is -0.507 e. The molecule has 2 N–H and O–H groups in total. The van der Waals surface area contributed by atoms with Gasteiger partial charge in [-0.3, -0.25) is 14.9 Å². The predicted molar refractivity (Wildman–Crippen MR) is 115 cm³/mol. The molecule has 2 aromatic carbocycles. The van der Waals surface area contributed by atoms with E-state index >= 15 is 0 Å². The molecule has 0 spiro atoms. The number of ether oxygens (including phenoxy) is 1. The normalized spacial score (nSPS) is 15.2. The van der Waals surface area contributed by atoms with Gasteiger partial charge in [0.25, 0.3) is 5.91 Å². The molecule has 0 saturated carbocycles. The van der Waals surface area contributed by atoms with E-state index in [0.717, 1.165) is 16.7 Å². The number of rotatable bonds is 5. The number of aromatic hydroxyl groups is 1. The number of H-pyrrole nitrogens is 1. The highest BCUT2D eigenvalue weighted by Gasteiger charge is 2.42. The molecule has 7 nitrogen and oxygen atoms in total. The van der Waals surface area contributed by atoms with Crippen LogP contribution in [0.1, 0.15) is 33.2 Å². The van der Waals surface area contributed by atoms with Crippen LogP contribution in [0.25, 0.3) is 11.3 Å². The molecule has 5 rings (SSSR count). The zero-order chi connectivity index (χ0) is 21.4. The van der Waals surface area contributed by atoms with Gasteiger partial charge < -0.3 is 14.7 Å². The number of nitrogens with zero attached hydrogens (tertiary/aromatic N) is 3. The first-order chi connectivity index (χ1) is 15.2. The van der Waals surface area contributed by atoms with E-state index in [0.29, 0.717) is 29.2 Å². The van der Waals surface area contributed by atoms with Crippen molar-refractivity contribution in [3.8, 4) is 22.8 Å². The van der Waals surface area contributed by atoms with Crippen LogP contribution in [0.5, 0.6) is 11.5 Å². The number of benzene rings is 2. The van der Waals surface area contributed by atoms with E-state index in [1.54, 1.807) is 42.6 Å². The van der Waals surface area contributed by atoms with Gasteiger partial charge in [0.15, 0.2) is 0 Å². The van der Waals surface area contributed by atoms with Crippen LogP contribution in [0.3, 0.4) is 0 Å². The number of carbonyl (C=O) groups is 1. The molecule has 31 heavy (non-hydrogen) atoms. The Morgan fingerprint density at radius 2 is 2.00 bits per heavy atom. The van der Waals surface area contributed by atoms with Gasteiger partial charge in [0.05, 0.1) is 13.2 Å². The molecule has 2 aromatic heterocycles. The molecule has 1 aliphatic rings. The van der Waals surface area contributed by atoms with E-state index in [1.165, 1.54) is 0 Å². The molecule has 4 aromatic rings. The van der Waals surface area contributed by atoms with Gasteiger partial charge in [-0.05, 0) is 41.5 Å². The van der Waals surface area contributed by atoms with Crippen LogP contribution >= 0.6 is 0 Å². The quantitative estimate of drug-likeness (QED) is 0.518. The van der Waals surface area contributed by atoms with Crippen LogP contribution in [0.4, 0.5) is 0 Å². The minimum absolute atomic E-state index is 0.111. The molecule has 0 unspecified atom stereocenters. The second-order valence-corrected chi connectivity index (χ2v) is 7.35. The zero-order valence-corrected chi connectivity index (χ0v) is 16.8.